The van der Waals surface area contributed by atoms with E-state index < -0.39 is 0 Å². The van der Waals surface area contributed by atoms with Gasteiger partial charge in [0.2, 0.25) is 0 Å². The first-order valence-electron chi connectivity index (χ1n) is 5.45. The summed E-state index contributed by atoms with van der Waals surface area (Å²) >= 11 is 0. The van der Waals surface area contributed by atoms with Gasteiger partial charge in [-0.25, -0.2) is 0 Å². The number of hydrogen-bond acceptors (Lipinski definition) is 1. The molecule has 0 spiro atoms. The quantitative estimate of drug-likeness (QED) is 0.758. The third-order valence-electron chi connectivity index (χ3n) is 2.81. The largest absolute Gasteiger partial charge is 0.507 e. The van der Waals surface area contributed by atoms with E-state index >= 15 is 0 Å². The highest BCUT2D eigenvalue weighted by Gasteiger charge is 2.07. The molecule has 0 bridgehead atoms. The van der Waals surface area contributed by atoms with Crippen LogP contribution >= 0.6 is 0 Å². The van der Waals surface area contributed by atoms with Crippen LogP contribution in [0.3, 0.4) is 0 Å². The van der Waals surface area contributed by atoms with Gasteiger partial charge in [0.25, 0.3) is 0 Å². The number of rotatable bonds is 1. The van der Waals surface area contributed by atoms with Gasteiger partial charge in [0, 0.05) is 5.56 Å². The van der Waals surface area contributed by atoms with Gasteiger partial charge in [-0.2, -0.15) is 0 Å². The summed E-state index contributed by atoms with van der Waals surface area (Å²) in [7, 11) is 0. The number of aryl methyl sites for hydroxylation is 3. The Kier molecular flexibility index (Phi) is 2.69. The average molecular weight is 212 g/mol. The van der Waals surface area contributed by atoms with Crippen molar-refractivity contribution >= 4 is 0 Å². The molecule has 1 heteroatoms. The molecule has 0 amide bonds. The topological polar surface area (TPSA) is 20.2 Å². The predicted molar refractivity (Wildman–Crippen MR) is 67.8 cm³/mol. The minimum Gasteiger partial charge on any atom is -0.507 e. The third-order valence-corrected chi connectivity index (χ3v) is 2.81. The highest BCUT2D eigenvalue weighted by Crippen LogP contribution is 2.33. The maximum Gasteiger partial charge on any atom is 0.126 e. The summed E-state index contributed by atoms with van der Waals surface area (Å²) in [6.45, 7) is 6.04. The van der Waals surface area contributed by atoms with Crippen LogP contribution in [0.15, 0.2) is 36.4 Å². The Morgan fingerprint density at radius 2 is 1.44 bits per heavy atom. The lowest BCUT2D eigenvalue weighted by molar-refractivity contribution is 0.473. The summed E-state index contributed by atoms with van der Waals surface area (Å²) in [5.41, 5.74) is 5.31. The molecule has 16 heavy (non-hydrogen) atoms. The number of phenols is 1. The van der Waals surface area contributed by atoms with Crippen molar-refractivity contribution in [1.29, 1.82) is 0 Å². The van der Waals surface area contributed by atoms with Crippen LogP contribution in [-0.2, 0) is 0 Å². The molecular formula is C15H16O. The molecule has 0 aliphatic heterocycles. The van der Waals surface area contributed by atoms with Crippen LogP contribution < -0.4 is 0 Å². The van der Waals surface area contributed by atoms with Crippen molar-refractivity contribution in [3.8, 4) is 16.9 Å². The van der Waals surface area contributed by atoms with Crippen molar-refractivity contribution in [3.05, 3.63) is 53.1 Å². The van der Waals surface area contributed by atoms with E-state index in [0.29, 0.717) is 5.75 Å². The Morgan fingerprint density at radius 3 is 2.06 bits per heavy atom. The minimum absolute atomic E-state index is 0.384. The molecule has 0 unspecified atom stereocenters. The second-order valence-corrected chi connectivity index (χ2v) is 4.34. The van der Waals surface area contributed by atoms with E-state index in [1.54, 1.807) is 0 Å². The van der Waals surface area contributed by atoms with Crippen LogP contribution in [0.5, 0.6) is 5.75 Å². The zero-order chi connectivity index (χ0) is 11.7. The Hall–Kier alpha value is -1.76. The average Bonchev–Trinajstić information content (AvgIpc) is 2.25. The van der Waals surface area contributed by atoms with Crippen molar-refractivity contribution in [2.45, 2.75) is 20.8 Å². The van der Waals surface area contributed by atoms with Gasteiger partial charge in [0.15, 0.2) is 0 Å². The molecule has 0 atom stereocenters. The van der Waals surface area contributed by atoms with Crippen LogP contribution in [0, 0.1) is 20.8 Å². The number of hydrogen-bond donors (Lipinski definition) is 1. The van der Waals surface area contributed by atoms with Crippen LogP contribution in [0.2, 0.25) is 0 Å². The van der Waals surface area contributed by atoms with Gasteiger partial charge in [-0.15, -0.1) is 0 Å². The van der Waals surface area contributed by atoms with Crippen molar-refractivity contribution in [2.75, 3.05) is 0 Å². The summed E-state index contributed by atoms with van der Waals surface area (Å²) in [6, 6.07) is 12.2. The van der Waals surface area contributed by atoms with Crippen molar-refractivity contribution in [3.63, 3.8) is 0 Å². The Morgan fingerprint density at radius 1 is 0.812 bits per heavy atom. The zero-order valence-corrected chi connectivity index (χ0v) is 9.91. The first-order valence-corrected chi connectivity index (χ1v) is 5.45. The van der Waals surface area contributed by atoms with E-state index in [-0.39, 0.29) is 0 Å². The molecule has 1 N–H and O–H groups in total. The smallest absolute Gasteiger partial charge is 0.126 e. The first kappa shape index (κ1) is 10.7. The number of aromatic hydroxyl groups is 1. The van der Waals surface area contributed by atoms with Gasteiger partial charge in [0.1, 0.15) is 5.75 Å². The molecule has 0 saturated heterocycles. The lowest BCUT2D eigenvalue weighted by Gasteiger charge is -2.09. The molecule has 2 rings (SSSR count). The summed E-state index contributed by atoms with van der Waals surface area (Å²) in [5.74, 6) is 0.384. The standard InChI is InChI=1S/C15H16O/c1-10-4-6-13(7-5-10)14-9-11(2)8-12(3)15(14)16/h4-9,16H,1-3H3. The van der Waals surface area contributed by atoms with Crippen molar-refractivity contribution in [1.82, 2.24) is 0 Å². The lowest BCUT2D eigenvalue weighted by atomic mass is 9.98. The monoisotopic (exact) mass is 212 g/mol. The van der Waals surface area contributed by atoms with Crippen LogP contribution in [0.25, 0.3) is 11.1 Å². The molecule has 1 nitrogen and oxygen atoms in total. The van der Waals surface area contributed by atoms with E-state index in [2.05, 4.69) is 19.1 Å². The molecule has 0 radical (unpaired) electrons. The van der Waals surface area contributed by atoms with Gasteiger partial charge in [-0.05, 0) is 43.5 Å². The maximum absolute atomic E-state index is 10.0. The Balaban J connectivity index is 2.59. The summed E-state index contributed by atoms with van der Waals surface area (Å²) < 4.78 is 0. The van der Waals surface area contributed by atoms with Gasteiger partial charge in [0.05, 0.1) is 0 Å². The van der Waals surface area contributed by atoms with Gasteiger partial charge < -0.3 is 5.11 Å². The molecular weight excluding hydrogens is 196 g/mol. The van der Waals surface area contributed by atoms with Crippen molar-refractivity contribution in [2.24, 2.45) is 0 Å². The SMILES string of the molecule is Cc1ccc(-c2cc(C)cc(C)c2O)cc1. The second-order valence-electron chi connectivity index (χ2n) is 4.34. The molecule has 82 valence electrons. The highest BCUT2D eigenvalue weighted by atomic mass is 16.3. The molecule has 0 heterocycles. The fourth-order valence-corrected chi connectivity index (χ4v) is 1.91. The zero-order valence-electron chi connectivity index (χ0n) is 9.91. The van der Waals surface area contributed by atoms with Gasteiger partial charge in [-0.3, -0.25) is 0 Å². The number of phenolic OH excluding ortho intramolecular Hbond substituents is 1. The maximum atomic E-state index is 10.0. The lowest BCUT2D eigenvalue weighted by Crippen LogP contribution is -1.85. The molecule has 0 saturated carbocycles. The van der Waals surface area contributed by atoms with Crippen LogP contribution in [0.1, 0.15) is 16.7 Å². The second kappa shape index (κ2) is 4.01. The van der Waals surface area contributed by atoms with E-state index in [9.17, 15) is 5.11 Å². The van der Waals surface area contributed by atoms with E-state index in [1.807, 2.05) is 38.1 Å². The molecule has 0 fully saturated rings. The Labute approximate surface area is 96.4 Å². The van der Waals surface area contributed by atoms with Gasteiger partial charge >= 0.3 is 0 Å². The molecule has 2 aromatic carbocycles. The fraction of sp³-hybridized carbons (Fsp3) is 0.200. The van der Waals surface area contributed by atoms with Gasteiger partial charge in [-0.1, -0.05) is 35.9 Å². The molecule has 0 aliphatic rings. The third kappa shape index (κ3) is 1.94. The summed E-state index contributed by atoms with van der Waals surface area (Å²) in [5, 5.41) is 10.0. The number of benzene rings is 2. The summed E-state index contributed by atoms with van der Waals surface area (Å²) in [6.07, 6.45) is 0. The van der Waals surface area contributed by atoms with Crippen LogP contribution in [0.4, 0.5) is 0 Å². The predicted octanol–water partition coefficient (Wildman–Crippen LogP) is 3.98. The minimum atomic E-state index is 0.384. The molecule has 0 aromatic heterocycles. The van der Waals surface area contributed by atoms with Crippen molar-refractivity contribution < 1.29 is 5.11 Å². The normalized spacial score (nSPS) is 10.4. The molecule has 2 aromatic rings. The fourth-order valence-electron chi connectivity index (χ4n) is 1.91. The summed E-state index contributed by atoms with van der Waals surface area (Å²) in [4.78, 5) is 0. The Bertz CT molecular complexity index is 510. The molecule has 0 aliphatic carbocycles. The van der Waals surface area contributed by atoms with E-state index in [1.165, 1.54) is 11.1 Å². The highest BCUT2D eigenvalue weighted by molar-refractivity contribution is 5.72. The van der Waals surface area contributed by atoms with E-state index in [4.69, 9.17) is 0 Å². The first-order chi connectivity index (χ1) is 7.58. The van der Waals surface area contributed by atoms with E-state index in [0.717, 1.165) is 16.7 Å². The van der Waals surface area contributed by atoms with Crippen LogP contribution in [-0.4, -0.2) is 5.11 Å².